The van der Waals surface area contributed by atoms with Gasteiger partial charge in [-0.15, -0.1) is 0 Å². The van der Waals surface area contributed by atoms with Gasteiger partial charge in [0.2, 0.25) is 0 Å². The summed E-state index contributed by atoms with van der Waals surface area (Å²) in [4.78, 5) is 4.43. The Morgan fingerprint density at radius 2 is 2.33 bits per heavy atom. The first-order valence-corrected chi connectivity index (χ1v) is 6.73. The normalized spacial score (nSPS) is 26.7. The number of hydrogen-bond acceptors (Lipinski definition) is 3. The van der Waals surface area contributed by atoms with Gasteiger partial charge in [-0.3, -0.25) is 4.98 Å². The monoisotopic (exact) mass is 244 g/mol. The Kier molecular flexibility index (Phi) is 3.08. The van der Waals surface area contributed by atoms with E-state index in [1.807, 2.05) is 13.1 Å². The van der Waals surface area contributed by atoms with Crippen molar-refractivity contribution in [1.29, 1.82) is 0 Å². The van der Waals surface area contributed by atoms with Crippen LogP contribution in [0.4, 0.5) is 0 Å². The van der Waals surface area contributed by atoms with Crippen LogP contribution in [-0.2, 0) is 0 Å². The van der Waals surface area contributed by atoms with Crippen LogP contribution >= 0.6 is 0 Å². The molecule has 0 radical (unpaired) electrons. The Labute approximate surface area is 108 Å². The molecule has 2 atom stereocenters. The number of methoxy groups -OCH3 is 1. The van der Waals surface area contributed by atoms with Crippen molar-refractivity contribution in [1.82, 2.24) is 10.3 Å². The lowest BCUT2D eigenvalue weighted by Crippen LogP contribution is -2.37. The van der Waals surface area contributed by atoms with Crippen LogP contribution in [0.3, 0.4) is 0 Å². The molecular weight excluding hydrogens is 224 g/mol. The summed E-state index contributed by atoms with van der Waals surface area (Å²) in [6.07, 6.45) is 8.14. The van der Waals surface area contributed by atoms with E-state index in [1.165, 1.54) is 24.0 Å². The molecule has 0 unspecified atom stereocenters. The maximum Gasteiger partial charge on any atom is 0.140 e. The van der Waals surface area contributed by atoms with Gasteiger partial charge < -0.3 is 10.1 Å². The molecule has 1 aliphatic heterocycles. The molecule has 3 rings (SSSR count). The minimum absolute atomic E-state index is 0.640. The minimum Gasteiger partial charge on any atom is -0.495 e. The molecule has 3 nitrogen and oxygen atoms in total. The molecule has 1 aliphatic carbocycles. The van der Waals surface area contributed by atoms with Crippen LogP contribution < -0.4 is 10.1 Å². The van der Waals surface area contributed by atoms with Crippen molar-refractivity contribution < 1.29 is 4.74 Å². The van der Waals surface area contributed by atoms with Crippen LogP contribution in [-0.4, -0.2) is 24.7 Å². The van der Waals surface area contributed by atoms with Gasteiger partial charge in [0, 0.05) is 12.2 Å². The van der Waals surface area contributed by atoms with Gasteiger partial charge in [-0.2, -0.15) is 0 Å². The van der Waals surface area contributed by atoms with Gasteiger partial charge in [-0.05, 0) is 55.9 Å². The summed E-state index contributed by atoms with van der Waals surface area (Å²) in [6, 6.07) is 2.76. The summed E-state index contributed by atoms with van der Waals surface area (Å²) >= 11 is 0. The van der Waals surface area contributed by atoms with Crippen molar-refractivity contribution in [3.05, 3.63) is 29.6 Å². The maximum atomic E-state index is 5.36. The number of rotatable bonds is 2. The number of piperidine rings is 1. The smallest absolute Gasteiger partial charge is 0.140 e. The van der Waals surface area contributed by atoms with Crippen molar-refractivity contribution in [2.24, 2.45) is 5.92 Å². The fourth-order valence-electron chi connectivity index (χ4n) is 3.07. The molecule has 1 aromatic rings. The van der Waals surface area contributed by atoms with Crippen LogP contribution in [0, 0.1) is 12.8 Å². The summed E-state index contributed by atoms with van der Waals surface area (Å²) in [5, 5.41) is 3.62. The third-order valence-electron chi connectivity index (χ3n) is 4.12. The largest absolute Gasteiger partial charge is 0.495 e. The third kappa shape index (κ3) is 2.03. The molecule has 0 saturated carbocycles. The lowest BCUT2D eigenvalue weighted by Gasteiger charge is -2.25. The van der Waals surface area contributed by atoms with Gasteiger partial charge in [-0.1, -0.05) is 6.08 Å². The zero-order valence-electron chi connectivity index (χ0n) is 11.1. The Bertz CT molecular complexity index is 481. The highest BCUT2D eigenvalue weighted by Crippen LogP contribution is 2.36. The van der Waals surface area contributed by atoms with Gasteiger partial charge in [0.15, 0.2) is 0 Å². The molecule has 0 amide bonds. The van der Waals surface area contributed by atoms with Crippen LogP contribution in [0.25, 0.3) is 5.57 Å². The van der Waals surface area contributed by atoms with E-state index >= 15 is 0 Å². The molecular formula is C15H20N2O. The molecule has 1 N–H and O–H groups in total. The Morgan fingerprint density at radius 3 is 3.11 bits per heavy atom. The van der Waals surface area contributed by atoms with Crippen LogP contribution in [0.1, 0.15) is 30.5 Å². The van der Waals surface area contributed by atoms with E-state index in [1.54, 1.807) is 7.11 Å². The number of aromatic nitrogens is 1. The van der Waals surface area contributed by atoms with Gasteiger partial charge in [-0.25, -0.2) is 0 Å². The zero-order valence-corrected chi connectivity index (χ0v) is 11.1. The molecule has 0 aromatic carbocycles. The highest BCUT2D eigenvalue weighted by molar-refractivity contribution is 5.69. The number of nitrogens with zero attached hydrogens (tertiary/aromatic N) is 1. The Morgan fingerprint density at radius 1 is 1.44 bits per heavy atom. The second-order valence-electron chi connectivity index (χ2n) is 5.27. The Balaban J connectivity index is 1.87. The summed E-state index contributed by atoms with van der Waals surface area (Å²) in [5.74, 6) is 1.59. The predicted molar refractivity (Wildman–Crippen MR) is 72.6 cm³/mol. The summed E-state index contributed by atoms with van der Waals surface area (Å²) in [5.41, 5.74) is 3.59. The highest BCUT2D eigenvalue weighted by Gasteiger charge is 2.30. The molecule has 2 heterocycles. The van der Waals surface area contributed by atoms with Crippen LogP contribution in [0.2, 0.25) is 0 Å². The minimum atomic E-state index is 0.640. The van der Waals surface area contributed by atoms with Crippen molar-refractivity contribution >= 4 is 5.57 Å². The number of fused-ring (bicyclic) bond motifs is 1. The van der Waals surface area contributed by atoms with Gasteiger partial charge in [0.05, 0.1) is 12.8 Å². The summed E-state index contributed by atoms with van der Waals surface area (Å²) < 4.78 is 5.36. The van der Waals surface area contributed by atoms with Crippen molar-refractivity contribution in [2.75, 3.05) is 13.7 Å². The predicted octanol–water partition coefficient (Wildman–Crippen LogP) is 2.55. The molecule has 0 bridgehead atoms. The van der Waals surface area contributed by atoms with E-state index in [9.17, 15) is 0 Å². The first kappa shape index (κ1) is 11.7. The number of aryl methyl sites for hydroxylation is 1. The maximum absolute atomic E-state index is 5.36. The number of ether oxygens (including phenoxy) is 1. The molecule has 96 valence electrons. The number of nitrogens with one attached hydrogen (secondary N) is 1. The lowest BCUT2D eigenvalue weighted by atomic mass is 9.94. The second kappa shape index (κ2) is 4.73. The molecule has 2 aliphatic rings. The first-order valence-electron chi connectivity index (χ1n) is 6.73. The second-order valence-corrected chi connectivity index (χ2v) is 5.27. The van der Waals surface area contributed by atoms with E-state index in [2.05, 4.69) is 22.4 Å². The quantitative estimate of drug-likeness (QED) is 0.868. The van der Waals surface area contributed by atoms with Gasteiger partial charge in [0.1, 0.15) is 5.75 Å². The lowest BCUT2D eigenvalue weighted by molar-refractivity contribution is 0.348. The molecule has 1 fully saturated rings. The molecule has 18 heavy (non-hydrogen) atoms. The fraction of sp³-hybridized carbons (Fsp3) is 0.533. The van der Waals surface area contributed by atoms with Gasteiger partial charge >= 0.3 is 0 Å². The first-order chi connectivity index (χ1) is 8.78. The fourth-order valence-corrected chi connectivity index (χ4v) is 3.07. The van der Waals surface area contributed by atoms with Crippen molar-refractivity contribution in [3.8, 4) is 5.75 Å². The average molecular weight is 244 g/mol. The van der Waals surface area contributed by atoms with Crippen molar-refractivity contribution in [2.45, 2.75) is 32.2 Å². The van der Waals surface area contributed by atoms with E-state index in [-0.39, 0.29) is 0 Å². The molecule has 1 aromatic heterocycles. The SMILES string of the molecule is COc1cc(C2=C[C@H]3CCCN[C@H]3C2)cnc1C. The standard InChI is InChI=1S/C15H20N2O/c1-10-15(18-2)8-13(9-17-10)12-6-11-4-3-5-16-14(11)7-12/h6,8-9,11,14,16H,3-5,7H2,1-2H3/t11-,14+/m1/s1. The molecule has 1 saturated heterocycles. The molecule has 3 heteroatoms. The van der Waals surface area contributed by atoms with E-state index in [4.69, 9.17) is 4.74 Å². The van der Waals surface area contributed by atoms with Crippen LogP contribution in [0.5, 0.6) is 5.75 Å². The topological polar surface area (TPSA) is 34.1 Å². The number of pyridine rings is 1. The zero-order chi connectivity index (χ0) is 12.5. The van der Waals surface area contributed by atoms with E-state index in [0.717, 1.165) is 24.4 Å². The summed E-state index contributed by atoms with van der Waals surface area (Å²) in [6.45, 7) is 3.14. The summed E-state index contributed by atoms with van der Waals surface area (Å²) in [7, 11) is 1.71. The third-order valence-corrected chi connectivity index (χ3v) is 4.12. The van der Waals surface area contributed by atoms with E-state index in [0.29, 0.717) is 12.0 Å². The highest BCUT2D eigenvalue weighted by atomic mass is 16.5. The van der Waals surface area contributed by atoms with Crippen molar-refractivity contribution in [3.63, 3.8) is 0 Å². The van der Waals surface area contributed by atoms with Crippen LogP contribution in [0.15, 0.2) is 18.3 Å². The molecule has 0 spiro atoms. The average Bonchev–Trinajstić information content (AvgIpc) is 2.83. The number of hydrogen-bond donors (Lipinski definition) is 1. The van der Waals surface area contributed by atoms with Gasteiger partial charge in [0.25, 0.3) is 0 Å². The Hall–Kier alpha value is -1.35. The van der Waals surface area contributed by atoms with E-state index < -0.39 is 0 Å².